The van der Waals surface area contributed by atoms with Crippen molar-refractivity contribution in [3.8, 4) is 0 Å². The molecule has 1 aliphatic rings. The first-order valence-corrected chi connectivity index (χ1v) is 7.66. The number of alkyl halides is 3. The maximum absolute atomic E-state index is 12.5. The summed E-state index contributed by atoms with van der Waals surface area (Å²) in [6.07, 6.45) is -4.62. The lowest BCUT2D eigenvalue weighted by Crippen LogP contribution is -2.38. The van der Waals surface area contributed by atoms with Crippen LogP contribution in [0.1, 0.15) is 21.9 Å². The van der Waals surface area contributed by atoms with Crippen LogP contribution >= 0.6 is 0 Å². The molecule has 0 aliphatic carbocycles. The Morgan fingerprint density at radius 2 is 2.04 bits per heavy atom. The number of anilines is 1. The van der Waals surface area contributed by atoms with E-state index in [-0.39, 0.29) is 12.2 Å². The van der Waals surface area contributed by atoms with Crippen LogP contribution in [0.2, 0.25) is 0 Å². The predicted octanol–water partition coefficient (Wildman–Crippen LogP) is 0.278. The molecule has 9 nitrogen and oxygen atoms in total. The van der Waals surface area contributed by atoms with E-state index in [0.29, 0.717) is 38.3 Å². The second-order valence-corrected chi connectivity index (χ2v) is 5.51. The van der Waals surface area contributed by atoms with Crippen LogP contribution in [0.4, 0.5) is 19.1 Å². The largest absolute Gasteiger partial charge is 0.432 e. The number of morpholine rings is 1. The minimum Gasteiger partial charge on any atom is -0.378 e. The van der Waals surface area contributed by atoms with Crippen molar-refractivity contribution in [3.05, 3.63) is 39.6 Å². The Morgan fingerprint density at radius 3 is 2.69 bits per heavy atom. The molecule has 0 bridgehead atoms. The highest BCUT2D eigenvalue weighted by molar-refractivity contribution is 5.92. The number of halogens is 3. The summed E-state index contributed by atoms with van der Waals surface area (Å²) in [5.74, 6) is -0.462. The van der Waals surface area contributed by atoms with Gasteiger partial charge in [-0.2, -0.15) is 18.3 Å². The summed E-state index contributed by atoms with van der Waals surface area (Å²) in [4.78, 5) is 32.4. The summed E-state index contributed by atoms with van der Waals surface area (Å²) < 4.78 is 42.8. The number of aromatic amines is 2. The molecule has 2 aromatic rings. The van der Waals surface area contributed by atoms with E-state index in [4.69, 9.17) is 4.74 Å². The van der Waals surface area contributed by atoms with Crippen LogP contribution in [-0.4, -0.2) is 52.4 Å². The fraction of sp³-hybridized carbons (Fsp3) is 0.429. The van der Waals surface area contributed by atoms with Crippen molar-refractivity contribution in [2.45, 2.75) is 12.7 Å². The van der Waals surface area contributed by atoms with Gasteiger partial charge in [0.25, 0.3) is 11.5 Å². The summed E-state index contributed by atoms with van der Waals surface area (Å²) in [5.41, 5.74) is -1.65. The Bertz CT molecular complexity index is 841. The van der Waals surface area contributed by atoms with E-state index >= 15 is 0 Å². The number of hydrogen-bond acceptors (Lipinski definition) is 6. The molecule has 0 atom stereocenters. The first-order valence-electron chi connectivity index (χ1n) is 7.66. The zero-order valence-electron chi connectivity index (χ0n) is 13.4. The van der Waals surface area contributed by atoms with Gasteiger partial charge in [-0.1, -0.05) is 0 Å². The molecule has 1 aliphatic heterocycles. The molecule has 2 aromatic heterocycles. The van der Waals surface area contributed by atoms with Crippen molar-refractivity contribution in [1.29, 1.82) is 0 Å². The van der Waals surface area contributed by atoms with Crippen molar-refractivity contribution >= 4 is 11.9 Å². The van der Waals surface area contributed by atoms with Gasteiger partial charge in [0.15, 0.2) is 5.69 Å². The van der Waals surface area contributed by atoms with Gasteiger partial charge in [0.05, 0.1) is 25.5 Å². The van der Waals surface area contributed by atoms with Crippen LogP contribution < -0.4 is 15.8 Å². The molecule has 1 saturated heterocycles. The lowest BCUT2D eigenvalue weighted by molar-refractivity contribution is -0.141. The fourth-order valence-corrected chi connectivity index (χ4v) is 2.35. The summed E-state index contributed by atoms with van der Waals surface area (Å²) in [6.45, 7) is 2.00. The quantitative estimate of drug-likeness (QED) is 0.710. The van der Waals surface area contributed by atoms with Crippen molar-refractivity contribution in [2.24, 2.45) is 0 Å². The molecule has 0 aromatic carbocycles. The standard InChI is InChI=1S/C14H15F3N6O3/c15-14(16,17)10-6-9(21-22-10)12(25)18-7-8-5-11(24)20-13(19-8)23-1-3-26-4-2-23/h5-6H,1-4,7H2,(H,18,25)(H,21,22)(H,19,20,24). The highest BCUT2D eigenvalue weighted by Gasteiger charge is 2.33. The fourth-order valence-electron chi connectivity index (χ4n) is 2.35. The van der Waals surface area contributed by atoms with Gasteiger partial charge in [-0.25, -0.2) is 4.98 Å². The number of aromatic nitrogens is 4. The molecule has 3 rings (SSSR count). The van der Waals surface area contributed by atoms with Gasteiger partial charge in [-0.15, -0.1) is 0 Å². The van der Waals surface area contributed by atoms with Gasteiger partial charge in [-0.05, 0) is 0 Å². The van der Waals surface area contributed by atoms with E-state index in [9.17, 15) is 22.8 Å². The van der Waals surface area contributed by atoms with Crippen molar-refractivity contribution < 1.29 is 22.7 Å². The lowest BCUT2D eigenvalue weighted by atomic mass is 10.3. The Kier molecular flexibility index (Phi) is 4.93. The molecule has 26 heavy (non-hydrogen) atoms. The van der Waals surface area contributed by atoms with E-state index in [1.54, 1.807) is 5.10 Å². The summed E-state index contributed by atoms with van der Waals surface area (Å²) in [6, 6.07) is 1.82. The van der Waals surface area contributed by atoms with Gasteiger partial charge in [0.2, 0.25) is 5.95 Å². The van der Waals surface area contributed by atoms with Crippen molar-refractivity contribution in [1.82, 2.24) is 25.5 Å². The smallest absolute Gasteiger partial charge is 0.378 e. The number of H-pyrrole nitrogens is 2. The maximum atomic E-state index is 12.5. The SMILES string of the molecule is O=C(NCc1cc(=O)[nH]c(N2CCOCC2)n1)c1cc(C(F)(F)F)[nH]n1. The lowest BCUT2D eigenvalue weighted by Gasteiger charge is -2.27. The zero-order chi connectivity index (χ0) is 18.7. The molecule has 0 unspecified atom stereocenters. The molecule has 12 heteroatoms. The van der Waals surface area contributed by atoms with Crippen LogP contribution in [0.15, 0.2) is 16.9 Å². The third-order valence-corrected chi connectivity index (χ3v) is 3.64. The molecular weight excluding hydrogens is 357 g/mol. The highest BCUT2D eigenvalue weighted by atomic mass is 19.4. The number of nitrogens with zero attached hydrogens (tertiary/aromatic N) is 3. The number of amides is 1. The Labute approximate surface area is 144 Å². The minimum atomic E-state index is -4.62. The second kappa shape index (κ2) is 7.15. The first kappa shape index (κ1) is 17.9. The maximum Gasteiger partial charge on any atom is 0.432 e. The van der Waals surface area contributed by atoms with Crippen LogP contribution in [0.3, 0.4) is 0 Å². The van der Waals surface area contributed by atoms with E-state index in [1.807, 2.05) is 4.90 Å². The number of ether oxygens (including phenoxy) is 1. The van der Waals surface area contributed by atoms with Crippen LogP contribution in [0.25, 0.3) is 0 Å². The molecule has 1 amide bonds. The minimum absolute atomic E-state index is 0.131. The Balaban J connectivity index is 1.67. The topological polar surface area (TPSA) is 116 Å². The Hall–Kier alpha value is -2.89. The molecule has 3 heterocycles. The normalized spacial score (nSPS) is 15.1. The van der Waals surface area contributed by atoms with E-state index in [0.717, 1.165) is 0 Å². The van der Waals surface area contributed by atoms with Gasteiger partial charge < -0.3 is 15.0 Å². The average Bonchev–Trinajstić information content (AvgIpc) is 3.10. The number of rotatable bonds is 4. The third-order valence-electron chi connectivity index (χ3n) is 3.64. The van der Waals surface area contributed by atoms with E-state index in [2.05, 4.69) is 20.4 Å². The molecule has 1 fully saturated rings. The molecule has 3 N–H and O–H groups in total. The molecule has 0 saturated carbocycles. The molecule has 0 spiro atoms. The van der Waals surface area contributed by atoms with E-state index < -0.39 is 29.0 Å². The van der Waals surface area contributed by atoms with Gasteiger partial charge >= 0.3 is 6.18 Å². The number of carbonyl (C=O) groups excluding carboxylic acids is 1. The van der Waals surface area contributed by atoms with Crippen molar-refractivity contribution in [2.75, 3.05) is 31.2 Å². The summed E-state index contributed by atoms with van der Waals surface area (Å²) in [7, 11) is 0. The molecular formula is C14H15F3N6O3. The number of nitrogens with one attached hydrogen (secondary N) is 3. The monoisotopic (exact) mass is 372 g/mol. The van der Waals surface area contributed by atoms with Crippen LogP contribution in [-0.2, 0) is 17.5 Å². The van der Waals surface area contributed by atoms with Crippen LogP contribution in [0, 0.1) is 0 Å². The summed E-state index contributed by atoms with van der Waals surface area (Å²) in [5, 5.41) is 7.49. The first-order chi connectivity index (χ1) is 12.3. The Morgan fingerprint density at radius 1 is 1.31 bits per heavy atom. The third kappa shape index (κ3) is 4.20. The van der Waals surface area contributed by atoms with Gasteiger partial charge in [0, 0.05) is 25.2 Å². The molecule has 0 radical (unpaired) electrons. The van der Waals surface area contributed by atoms with E-state index in [1.165, 1.54) is 6.07 Å². The number of hydrogen-bond donors (Lipinski definition) is 3. The average molecular weight is 372 g/mol. The molecule has 140 valence electrons. The van der Waals surface area contributed by atoms with Gasteiger partial charge in [-0.3, -0.25) is 19.7 Å². The number of carbonyl (C=O) groups is 1. The van der Waals surface area contributed by atoms with Crippen molar-refractivity contribution in [3.63, 3.8) is 0 Å². The second-order valence-electron chi connectivity index (χ2n) is 5.51. The summed E-state index contributed by atoms with van der Waals surface area (Å²) >= 11 is 0. The zero-order valence-corrected chi connectivity index (χ0v) is 13.4. The van der Waals surface area contributed by atoms with Crippen LogP contribution in [0.5, 0.6) is 0 Å². The predicted molar refractivity (Wildman–Crippen MR) is 82.6 cm³/mol. The van der Waals surface area contributed by atoms with Gasteiger partial charge in [0.1, 0.15) is 5.69 Å². The highest BCUT2D eigenvalue weighted by Crippen LogP contribution is 2.27.